The van der Waals surface area contributed by atoms with Crippen LogP contribution in [-0.2, 0) is 12.8 Å². The smallest absolute Gasteiger partial charge is 0.162 e. The Bertz CT molecular complexity index is 799. The van der Waals surface area contributed by atoms with Crippen molar-refractivity contribution in [3.8, 4) is 0 Å². The van der Waals surface area contributed by atoms with Gasteiger partial charge in [-0.15, -0.1) is 0 Å². The van der Waals surface area contributed by atoms with Crippen LogP contribution in [0.15, 0.2) is 6.07 Å². The zero-order chi connectivity index (χ0) is 25.3. The molecule has 3 aliphatic carbocycles. The zero-order valence-electron chi connectivity index (χ0n) is 23.6. The lowest BCUT2D eigenvalue weighted by atomic mass is 9.63. The Morgan fingerprint density at radius 2 is 1.31 bits per heavy atom. The van der Waals surface area contributed by atoms with Crippen molar-refractivity contribution in [1.82, 2.24) is 0 Å². The molecule has 0 aliphatic heterocycles. The molecule has 0 spiro atoms. The number of halogens is 2. The molecule has 2 saturated carbocycles. The van der Waals surface area contributed by atoms with Crippen LogP contribution in [0.4, 0.5) is 8.78 Å². The van der Waals surface area contributed by atoms with E-state index in [0.29, 0.717) is 11.5 Å². The quantitative estimate of drug-likeness (QED) is 0.236. The third-order valence-corrected chi connectivity index (χ3v) is 10.3. The van der Waals surface area contributed by atoms with Gasteiger partial charge in [0.1, 0.15) is 0 Å². The van der Waals surface area contributed by atoms with Crippen LogP contribution in [0.2, 0.25) is 0 Å². The molecule has 0 radical (unpaired) electrons. The molecular formula is C34H54F2. The highest BCUT2D eigenvalue weighted by molar-refractivity contribution is 5.38. The third kappa shape index (κ3) is 7.35. The SMILES string of the molecule is CCCCCCCC1CCc2cc(C3CCC4CC(CCCCCCC)CCC4C3)c(F)c(F)c2C1. The maximum atomic E-state index is 15.4. The predicted octanol–water partition coefficient (Wildman–Crippen LogP) is 11.1. The predicted molar refractivity (Wildman–Crippen MR) is 150 cm³/mol. The van der Waals surface area contributed by atoms with E-state index in [-0.39, 0.29) is 5.92 Å². The van der Waals surface area contributed by atoms with E-state index in [4.69, 9.17) is 0 Å². The van der Waals surface area contributed by atoms with Crippen molar-refractivity contribution in [3.63, 3.8) is 0 Å². The minimum absolute atomic E-state index is 0.230. The summed E-state index contributed by atoms with van der Waals surface area (Å²) in [6, 6.07) is 2.11. The van der Waals surface area contributed by atoms with Gasteiger partial charge in [0, 0.05) is 0 Å². The van der Waals surface area contributed by atoms with E-state index < -0.39 is 11.6 Å². The lowest BCUT2D eigenvalue weighted by Crippen LogP contribution is -2.31. The fourth-order valence-corrected chi connectivity index (χ4v) is 8.08. The second-order valence-electron chi connectivity index (χ2n) is 13.0. The van der Waals surface area contributed by atoms with Gasteiger partial charge in [-0.2, -0.15) is 0 Å². The van der Waals surface area contributed by atoms with Gasteiger partial charge in [-0.05, 0) is 97.6 Å². The van der Waals surface area contributed by atoms with Crippen LogP contribution in [0, 0.1) is 35.3 Å². The van der Waals surface area contributed by atoms with Crippen molar-refractivity contribution in [2.24, 2.45) is 23.7 Å². The maximum absolute atomic E-state index is 15.4. The second-order valence-corrected chi connectivity index (χ2v) is 13.0. The molecule has 4 rings (SSSR count). The fourth-order valence-electron chi connectivity index (χ4n) is 8.08. The summed E-state index contributed by atoms with van der Waals surface area (Å²) >= 11 is 0. The van der Waals surface area contributed by atoms with Crippen molar-refractivity contribution >= 4 is 0 Å². The van der Waals surface area contributed by atoms with E-state index in [2.05, 4.69) is 19.9 Å². The third-order valence-electron chi connectivity index (χ3n) is 10.3. The van der Waals surface area contributed by atoms with Crippen molar-refractivity contribution < 1.29 is 8.78 Å². The number of fused-ring (bicyclic) bond motifs is 2. The molecule has 0 N–H and O–H groups in total. The van der Waals surface area contributed by atoms with Gasteiger partial charge in [0.25, 0.3) is 0 Å². The van der Waals surface area contributed by atoms with Gasteiger partial charge in [-0.1, -0.05) is 103 Å². The molecule has 1 aromatic carbocycles. The molecule has 36 heavy (non-hydrogen) atoms. The van der Waals surface area contributed by atoms with Crippen LogP contribution in [0.25, 0.3) is 0 Å². The molecule has 0 heterocycles. The van der Waals surface area contributed by atoms with Crippen LogP contribution in [-0.4, -0.2) is 0 Å². The van der Waals surface area contributed by atoms with Crippen LogP contribution < -0.4 is 0 Å². The summed E-state index contributed by atoms with van der Waals surface area (Å²) in [5.74, 6) is 2.26. The van der Waals surface area contributed by atoms with Gasteiger partial charge >= 0.3 is 0 Å². The molecule has 0 nitrogen and oxygen atoms in total. The number of aryl methyl sites for hydroxylation is 1. The van der Waals surface area contributed by atoms with Crippen molar-refractivity contribution in [2.45, 2.75) is 155 Å². The van der Waals surface area contributed by atoms with Crippen LogP contribution >= 0.6 is 0 Å². The van der Waals surface area contributed by atoms with E-state index in [1.165, 1.54) is 103 Å². The number of benzene rings is 1. The average molecular weight is 501 g/mol. The Morgan fingerprint density at radius 1 is 0.667 bits per heavy atom. The van der Waals surface area contributed by atoms with Crippen molar-refractivity contribution in [3.05, 3.63) is 34.4 Å². The lowest BCUT2D eigenvalue weighted by Gasteiger charge is -2.42. The molecule has 1 aromatic rings. The highest BCUT2D eigenvalue weighted by Crippen LogP contribution is 2.49. The highest BCUT2D eigenvalue weighted by Gasteiger charge is 2.37. The van der Waals surface area contributed by atoms with E-state index in [1.54, 1.807) is 0 Å². The molecule has 204 valence electrons. The summed E-state index contributed by atoms with van der Waals surface area (Å²) in [6.07, 6.45) is 26.2. The van der Waals surface area contributed by atoms with Gasteiger partial charge in [-0.25, -0.2) is 8.78 Å². The first-order chi connectivity index (χ1) is 17.6. The van der Waals surface area contributed by atoms with Gasteiger partial charge in [0.2, 0.25) is 0 Å². The summed E-state index contributed by atoms with van der Waals surface area (Å²) in [7, 11) is 0. The first-order valence-electron chi connectivity index (χ1n) is 16.1. The van der Waals surface area contributed by atoms with E-state index in [0.717, 1.165) is 61.0 Å². The fraction of sp³-hybridized carbons (Fsp3) is 0.824. The Hall–Kier alpha value is -0.920. The van der Waals surface area contributed by atoms with E-state index in [1.807, 2.05) is 0 Å². The summed E-state index contributed by atoms with van der Waals surface area (Å²) in [5.41, 5.74) is 2.56. The molecule has 5 unspecified atom stereocenters. The van der Waals surface area contributed by atoms with Gasteiger partial charge in [0.15, 0.2) is 11.6 Å². The van der Waals surface area contributed by atoms with Crippen molar-refractivity contribution in [1.29, 1.82) is 0 Å². The number of hydrogen-bond donors (Lipinski definition) is 0. The average Bonchev–Trinajstić information content (AvgIpc) is 2.90. The normalized spacial score (nSPS) is 28.1. The highest BCUT2D eigenvalue weighted by atomic mass is 19.2. The first-order valence-corrected chi connectivity index (χ1v) is 16.1. The first kappa shape index (κ1) is 28.1. The minimum atomic E-state index is -0.499. The standard InChI is InChI=1S/C34H54F2/c1-3-5-7-9-11-13-25-15-17-28-23-29(20-19-27(28)21-25)32-24-30-18-16-26(14-12-10-8-6-4-2)22-31(30)33(35)34(32)36/h24-29H,3-23H2,1-2H3. The summed E-state index contributed by atoms with van der Waals surface area (Å²) < 4.78 is 30.8. The van der Waals surface area contributed by atoms with Gasteiger partial charge < -0.3 is 0 Å². The monoisotopic (exact) mass is 500 g/mol. The molecule has 0 bridgehead atoms. The Balaban J connectivity index is 1.29. The molecule has 3 aliphatic rings. The Labute approximate surface area is 221 Å². The van der Waals surface area contributed by atoms with Crippen LogP contribution in [0.5, 0.6) is 0 Å². The van der Waals surface area contributed by atoms with Gasteiger partial charge in [0.05, 0.1) is 0 Å². The molecule has 0 amide bonds. The minimum Gasteiger partial charge on any atom is -0.203 e. The molecule has 2 fully saturated rings. The van der Waals surface area contributed by atoms with E-state index in [9.17, 15) is 0 Å². The summed E-state index contributed by atoms with van der Waals surface area (Å²) in [4.78, 5) is 0. The molecular weight excluding hydrogens is 446 g/mol. The van der Waals surface area contributed by atoms with E-state index >= 15 is 8.78 Å². The number of unbranched alkanes of at least 4 members (excludes halogenated alkanes) is 8. The topological polar surface area (TPSA) is 0 Å². The van der Waals surface area contributed by atoms with Crippen molar-refractivity contribution in [2.75, 3.05) is 0 Å². The number of rotatable bonds is 13. The summed E-state index contributed by atoms with van der Waals surface area (Å²) in [5, 5.41) is 0. The van der Waals surface area contributed by atoms with Crippen LogP contribution in [0.3, 0.4) is 0 Å². The molecule has 2 heteroatoms. The Kier molecular flexibility index (Phi) is 11.2. The Morgan fingerprint density at radius 3 is 2.03 bits per heavy atom. The molecule has 0 aromatic heterocycles. The zero-order valence-corrected chi connectivity index (χ0v) is 23.6. The maximum Gasteiger partial charge on any atom is 0.162 e. The molecule has 5 atom stereocenters. The van der Waals surface area contributed by atoms with Gasteiger partial charge in [-0.3, -0.25) is 0 Å². The summed E-state index contributed by atoms with van der Waals surface area (Å²) in [6.45, 7) is 4.53. The lowest BCUT2D eigenvalue weighted by molar-refractivity contribution is 0.112. The number of hydrogen-bond acceptors (Lipinski definition) is 0. The second kappa shape index (κ2) is 14.3. The largest absolute Gasteiger partial charge is 0.203 e. The van der Waals surface area contributed by atoms with Crippen LogP contribution in [0.1, 0.15) is 158 Å². The molecule has 0 saturated heterocycles.